The zero-order valence-electron chi connectivity index (χ0n) is 56.9. The molecule has 0 rings (SSSR count). The predicted molar refractivity (Wildman–Crippen MR) is 354 cm³/mol. The van der Waals surface area contributed by atoms with Crippen molar-refractivity contribution in [2.45, 2.75) is 374 Å². The average molecular weight is 1300 g/mol. The van der Waals surface area contributed by atoms with Crippen LogP contribution in [0.5, 0.6) is 0 Å². The lowest BCUT2D eigenvalue weighted by Gasteiger charge is -2.21. The van der Waals surface area contributed by atoms with E-state index in [2.05, 4.69) is 34.6 Å². The molecule has 0 saturated heterocycles. The first-order valence-corrected chi connectivity index (χ1v) is 39.1. The highest BCUT2D eigenvalue weighted by Crippen LogP contribution is 2.45. The highest BCUT2D eigenvalue weighted by molar-refractivity contribution is 7.47. The van der Waals surface area contributed by atoms with Crippen LogP contribution in [0.4, 0.5) is 0 Å². The van der Waals surface area contributed by atoms with Gasteiger partial charge in [-0.2, -0.15) is 0 Å². The number of hydrogen-bond acceptors (Lipinski definition) is 15. The van der Waals surface area contributed by atoms with E-state index in [1.54, 1.807) is 0 Å². The topological polar surface area (TPSA) is 237 Å². The summed E-state index contributed by atoms with van der Waals surface area (Å²) in [6.07, 6.45) is 48.8. The number of hydrogen-bond donors (Lipinski definition) is 3. The van der Waals surface area contributed by atoms with Crippen molar-refractivity contribution >= 4 is 39.5 Å². The van der Waals surface area contributed by atoms with Crippen LogP contribution >= 0.6 is 15.6 Å². The van der Waals surface area contributed by atoms with Gasteiger partial charge in [0.25, 0.3) is 0 Å². The average Bonchev–Trinajstić information content (AvgIpc) is 3.50. The molecule has 0 aliphatic rings. The molecule has 5 atom stereocenters. The van der Waals surface area contributed by atoms with Crippen LogP contribution in [0.25, 0.3) is 0 Å². The number of unbranched alkanes of at least 4 members (excludes halogenated alkanes) is 41. The minimum absolute atomic E-state index is 0.104. The van der Waals surface area contributed by atoms with E-state index in [9.17, 15) is 43.2 Å². The van der Waals surface area contributed by atoms with Crippen molar-refractivity contribution in [1.82, 2.24) is 0 Å². The summed E-state index contributed by atoms with van der Waals surface area (Å²) < 4.78 is 68.1. The van der Waals surface area contributed by atoms with Gasteiger partial charge in [-0.1, -0.05) is 304 Å². The highest BCUT2D eigenvalue weighted by atomic mass is 31.2. The van der Waals surface area contributed by atoms with Crippen molar-refractivity contribution in [3.8, 4) is 0 Å². The Balaban J connectivity index is 5.17. The lowest BCUT2D eigenvalue weighted by Crippen LogP contribution is -2.30. The summed E-state index contributed by atoms with van der Waals surface area (Å²) in [7, 11) is -9.89. The fourth-order valence-electron chi connectivity index (χ4n) is 10.5. The maximum Gasteiger partial charge on any atom is 0.472 e. The van der Waals surface area contributed by atoms with E-state index >= 15 is 0 Å². The molecule has 0 aliphatic heterocycles. The van der Waals surface area contributed by atoms with Crippen LogP contribution in [0.1, 0.15) is 356 Å². The van der Waals surface area contributed by atoms with Crippen LogP contribution in [0.2, 0.25) is 0 Å². The monoisotopic (exact) mass is 1300 g/mol. The Morgan fingerprint density at radius 3 is 0.773 bits per heavy atom. The largest absolute Gasteiger partial charge is 0.472 e. The Labute approximate surface area is 537 Å². The SMILES string of the molecule is CCCCCCCCCCCCCCCCCCCCCC(=O)O[C@H](COC(=O)CCCCCCCCCCCCC)COP(=O)(O)OC[C@@H](O)COP(=O)(O)OC[C@@H](COC(=O)CCCCCCCCCC)OC(=O)CCCCCCCCCC(C)C. The van der Waals surface area contributed by atoms with Gasteiger partial charge in [-0.15, -0.1) is 0 Å². The van der Waals surface area contributed by atoms with Gasteiger partial charge in [-0.3, -0.25) is 37.3 Å². The summed E-state index contributed by atoms with van der Waals surface area (Å²) >= 11 is 0. The molecule has 0 bridgehead atoms. The number of phosphoric ester groups is 2. The lowest BCUT2D eigenvalue weighted by atomic mass is 10.0. The first kappa shape index (κ1) is 86.1. The van der Waals surface area contributed by atoms with Crippen molar-refractivity contribution < 1.29 is 80.2 Å². The Morgan fingerprint density at radius 1 is 0.307 bits per heavy atom. The quantitative estimate of drug-likeness (QED) is 0.0222. The summed E-state index contributed by atoms with van der Waals surface area (Å²) in [4.78, 5) is 72.3. The molecule has 0 amide bonds. The number of aliphatic hydroxyl groups is 1. The molecule has 19 heteroatoms. The number of phosphoric acid groups is 2. The standard InChI is InChI=1S/C69H134O17P2/c1-6-9-12-15-18-21-23-24-25-26-27-28-29-30-32-34-39-44-49-54-68(73)85-64(59-80-67(72)53-48-43-38-33-31-22-19-16-13-10-7-2)60-83-87(75,76)81-56-63(70)57-82-88(77,78)84-61-65(58-79-66(71)52-47-42-37-20-17-14-11-8-3)86-69(74)55-50-45-40-35-36-41-46-51-62(4)5/h62-65,70H,6-61H2,1-5H3,(H,75,76)(H,77,78)/t63-,64-,65-/m1/s1. The van der Waals surface area contributed by atoms with E-state index in [4.69, 9.17) is 37.0 Å². The van der Waals surface area contributed by atoms with Gasteiger partial charge in [0.1, 0.15) is 19.3 Å². The first-order valence-electron chi connectivity index (χ1n) is 36.1. The molecule has 17 nitrogen and oxygen atoms in total. The van der Waals surface area contributed by atoms with Crippen LogP contribution in [0.3, 0.4) is 0 Å². The fourth-order valence-corrected chi connectivity index (χ4v) is 12.0. The van der Waals surface area contributed by atoms with Crippen molar-refractivity contribution in [3.63, 3.8) is 0 Å². The van der Waals surface area contributed by atoms with E-state index < -0.39 is 97.5 Å². The lowest BCUT2D eigenvalue weighted by molar-refractivity contribution is -0.161. The maximum atomic E-state index is 13.0. The Bertz CT molecular complexity index is 1700. The van der Waals surface area contributed by atoms with E-state index in [1.807, 2.05) is 0 Å². The molecule has 0 aromatic heterocycles. The molecule has 3 N–H and O–H groups in total. The summed E-state index contributed by atoms with van der Waals surface area (Å²) in [6.45, 7) is 7.14. The predicted octanol–water partition coefficient (Wildman–Crippen LogP) is 19.7. The summed E-state index contributed by atoms with van der Waals surface area (Å²) in [6, 6.07) is 0. The van der Waals surface area contributed by atoms with Crippen LogP contribution in [0, 0.1) is 5.92 Å². The molecular formula is C69H134O17P2. The van der Waals surface area contributed by atoms with E-state index in [0.717, 1.165) is 96.3 Å². The Kier molecular flexibility index (Phi) is 61.1. The van der Waals surface area contributed by atoms with Crippen molar-refractivity contribution in [2.75, 3.05) is 39.6 Å². The number of carbonyl (C=O) groups excluding carboxylic acids is 4. The van der Waals surface area contributed by atoms with Gasteiger partial charge in [0.05, 0.1) is 26.4 Å². The minimum atomic E-state index is -4.95. The van der Waals surface area contributed by atoms with Gasteiger partial charge >= 0.3 is 39.5 Å². The fraction of sp³-hybridized carbons (Fsp3) is 0.942. The number of ether oxygens (including phenoxy) is 4. The molecule has 0 radical (unpaired) electrons. The maximum absolute atomic E-state index is 13.0. The van der Waals surface area contributed by atoms with E-state index in [0.29, 0.717) is 31.6 Å². The van der Waals surface area contributed by atoms with Crippen LogP contribution in [-0.2, 0) is 65.4 Å². The molecule has 2 unspecified atom stereocenters. The minimum Gasteiger partial charge on any atom is -0.462 e. The van der Waals surface area contributed by atoms with Gasteiger partial charge in [0.2, 0.25) is 0 Å². The third-order valence-corrected chi connectivity index (χ3v) is 17.9. The highest BCUT2D eigenvalue weighted by Gasteiger charge is 2.30. The number of rotatable bonds is 69. The molecule has 0 heterocycles. The smallest absolute Gasteiger partial charge is 0.462 e. The second-order valence-electron chi connectivity index (χ2n) is 25.4. The third-order valence-electron chi connectivity index (χ3n) is 16.0. The Hall–Kier alpha value is -1.94. The van der Waals surface area contributed by atoms with Gasteiger partial charge in [0, 0.05) is 25.7 Å². The number of carbonyl (C=O) groups is 4. The van der Waals surface area contributed by atoms with Gasteiger partial charge in [0.15, 0.2) is 12.2 Å². The van der Waals surface area contributed by atoms with Gasteiger partial charge < -0.3 is 33.8 Å². The molecule has 0 spiro atoms. The van der Waals surface area contributed by atoms with Crippen molar-refractivity contribution in [3.05, 3.63) is 0 Å². The molecule has 0 fully saturated rings. The first-order chi connectivity index (χ1) is 42.5. The second kappa shape index (κ2) is 62.5. The molecular weight excluding hydrogens is 1160 g/mol. The molecule has 88 heavy (non-hydrogen) atoms. The van der Waals surface area contributed by atoms with Gasteiger partial charge in [-0.05, 0) is 31.6 Å². The molecule has 0 saturated carbocycles. The third kappa shape index (κ3) is 62.8. The van der Waals surface area contributed by atoms with E-state index in [-0.39, 0.29) is 25.7 Å². The van der Waals surface area contributed by atoms with Gasteiger partial charge in [-0.25, -0.2) is 9.13 Å². The zero-order valence-corrected chi connectivity index (χ0v) is 58.6. The number of aliphatic hydroxyl groups excluding tert-OH is 1. The van der Waals surface area contributed by atoms with Crippen molar-refractivity contribution in [2.24, 2.45) is 5.92 Å². The summed E-state index contributed by atoms with van der Waals surface area (Å²) in [5, 5.41) is 10.6. The molecule has 0 aromatic carbocycles. The zero-order chi connectivity index (χ0) is 64.9. The molecule has 522 valence electrons. The summed E-state index contributed by atoms with van der Waals surface area (Å²) in [5.74, 6) is -1.43. The molecule has 0 aliphatic carbocycles. The van der Waals surface area contributed by atoms with Crippen LogP contribution in [-0.4, -0.2) is 96.7 Å². The Morgan fingerprint density at radius 2 is 0.523 bits per heavy atom. The molecule has 0 aromatic rings. The van der Waals surface area contributed by atoms with Crippen LogP contribution < -0.4 is 0 Å². The second-order valence-corrected chi connectivity index (χ2v) is 28.3. The van der Waals surface area contributed by atoms with E-state index in [1.165, 1.54) is 173 Å². The summed E-state index contributed by atoms with van der Waals surface area (Å²) in [5.41, 5.74) is 0. The number of esters is 4. The van der Waals surface area contributed by atoms with Crippen molar-refractivity contribution in [1.29, 1.82) is 0 Å². The normalized spacial score (nSPS) is 14.1. The van der Waals surface area contributed by atoms with Crippen LogP contribution in [0.15, 0.2) is 0 Å².